The van der Waals surface area contributed by atoms with Gasteiger partial charge in [-0.25, -0.2) is 9.78 Å². The molecule has 0 spiro atoms. The lowest BCUT2D eigenvalue weighted by molar-refractivity contribution is -0.144. The fourth-order valence-corrected chi connectivity index (χ4v) is 4.98. The molecule has 0 aliphatic heterocycles. The fraction of sp³-hybridized carbons (Fsp3) is 0.185. The van der Waals surface area contributed by atoms with Crippen LogP contribution in [0.4, 0.5) is 5.13 Å². The highest BCUT2D eigenvalue weighted by molar-refractivity contribution is 7.15. The first-order valence-corrected chi connectivity index (χ1v) is 11.8. The molecule has 1 atom stereocenters. The summed E-state index contributed by atoms with van der Waals surface area (Å²) < 4.78 is 5.03. The molecule has 1 heterocycles. The monoisotopic (exact) mass is 471 g/mol. The molecule has 0 saturated heterocycles. The Balaban J connectivity index is 1.88. The number of nitrogens with one attached hydrogen (secondary N) is 1. The SMILES string of the molecule is CCOC(=O)C(N=O)c1nc(NC(c2ccccc2)(c2ccccc2)c2ccccc2)sc1C. The van der Waals surface area contributed by atoms with Crippen molar-refractivity contribution in [3.63, 3.8) is 0 Å². The van der Waals surface area contributed by atoms with Gasteiger partial charge in [0.1, 0.15) is 5.54 Å². The van der Waals surface area contributed by atoms with E-state index in [1.54, 1.807) is 6.92 Å². The molecule has 1 N–H and O–H groups in total. The molecular weight excluding hydrogens is 446 g/mol. The van der Waals surface area contributed by atoms with Gasteiger partial charge in [-0.05, 0) is 35.7 Å². The van der Waals surface area contributed by atoms with E-state index in [2.05, 4.69) is 51.9 Å². The molecule has 0 radical (unpaired) electrons. The van der Waals surface area contributed by atoms with Gasteiger partial charge in [0.15, 0.2) is 5.13 Å². The van der Waals surface area contributed by atoms with Crippen LogP contribution in [-0.2, 0) is 15.1 Å². The lowest BCUT2D eigenvalue weighted by Crippen LogP contribution is -2.38. The first-order chi connectivity index (χ1) is 16.6. The summed E-state index contributed by atoms with van der Waals surface area (Å²) in [6.45, 7) is 3.68. The van der Waals surface area contributed by atoms with E-state index in [9.17, 15) is 9.70 Å². The maximum absolute atomic E-state index is 12.3. The quantitative estimate of drug-likeness (QED) is 0.178. The number of rotatable bonds is 9. The normalized spacial score (nSPS) is 12.1. The average Bonchev–Trinajstić information content (AvgIpc) is 3.24. The van der Waals surface area contributed by atoms with E-state index < -0.39 is 17.6 Å². The average molecular weight is 472 g/mol. The highest BCUT2D eigenvalue weighted by Crippen LogP contribution is 2.41. The van der Waals surface area contributed by atoms with Crippen LogP contribution in [0.15, 0.2) is 96.2 Å². The summed E-state index contributed by atoms with van der Waals surface area (Å²) in [5, 5.41) is 7.25. The van der Waals surface area contributed by atoms with E-state index in [4.69, 9.17) is 4.74 Å². The van der Waals surface area contributed by atoms with Crippen molar-refractivity contribution in [3.8, 4) is 0 Å². The van der Waals surface area contributed by atoms with Crippen LogP contribution in [0.3, 0.4) is 0 Å². The highest BCUT2D eigenvalue weighted by Gasteiger charge is 2.38. The van der Waals surface area contributed by atoms with Gasteiger partial charge >= 0.3 is 5.97 Å². The molecule has 4 aromatic rings. The molecule has 0 saturated carbocycles. The van der Waals surface area contributed by atoms with Gasteiger partial charge in [-0.1, -0.05) is 91.0 Å². The van der Waals surface area contributed by atoms with E-state index in [1.165, 1.54) is 11.3 Å². The zero-order valence-corrected chi connectivity index (χ0v) is 19.8. The Bertz CT molecular complexity index is 1150. The van der Waals surface area contributed by atoms with Crippen molar-refractivity contribution in [2.75, 3.05) is 11.9 Å². The van der Waals surface area contributed by atoms with Gasteiger partial charge in [0, 0.05) is 4.88 Å². The number of benzene rings is 3. The summed E-state index contributed by atoms with van der Waals surface area (Å²) in [5.41, 5.74) is 2.62. The zero-order chi connectivity index (χ0) is 24.0. The summed E-state index contributed by atoms with van der Waals surface area (Å²) >= 11 is 1.38. The van der Waals surface area contributed by atoms with E-state index in [1.807, 2.05) is 61.5 Å². The maximum Gasteiger partial charge on any atom is 0.340 e. The Morgan fingerprint density at radius 3 is 1.82 bits per heavy atom. The highest BCUT2D eigenvalue weighted by atomic mass is 32.1. The summed E-state index contributed by atoms with van der Waals surface area (Å²) in [4.78, 5) is 29.2. The minimum absolute atomic E-state index is 0.165. The number of nitrogens with zero attached hydrogens (tertiary/aromatic N) is 2. The van der Waals surface area contributed by atoms with Gasteiger partial charge in [0.2, 0.25) is 6.04 Å². The largest absolute Gasteiger partial charge is 0.464 e. The number of thiazole rings is 1. The number of carbonyl (C=O) groups is 1. The number of carbonyl (C=O) groups excluding carboxylic acids is 1. The van der Waals surface area contributed by atoms with Crippen molar-refractivity contribution >= 4 is 22.4 Å². The van der Waals surface area contributed by atoms with Gasteiger partial charge in [0.25, 0.3) is 0 Å². The molecule has 6 nitrogen and oxygen atoms in total. The molecule has 0 aliphatic carbocycles. The number of aryl methyl sites for hydroxylation is 1. The van der Waals surface area contributed by atoms with E-state index in [0.29, 0.717) is 10.8 Å². The van der Waals surface area contributed by atoms with Gasteiger partial charge in [-0.15, -0.1) is 16.2 Å². The molecular formula is C27H25N3O3S. The number of esters is 1. The van der Waals surface area contributed by atoms with Crippen molar-refractivity contribution in [3.05, 3.63) is 123 Å². The summed E-state index contributed by atoms with van der Waals surface area (Å²) in [7, 11) is 0. The lowest BCUT2D eigenvalue weighted by atomic mass is 9.77. The second kappa shape index (κ2) is 10.4. The number of hydrogen-bond acceptors (Lipinski definition) is 7. The Kier molecular flexibility index (Phi) is 7.13. The minimum atomic E-state index is -1.30. The number of anilines is 1. The molecule has 0 amide bonds. The van der Waals surface area contributed by atoms with E-state index in [-0.39, 0.29) is 6.61 Å². The third-order valence-corrected chi connectivity index (χ3v) is 6.52. The van der Waals surface area contributed by atoms with Crippen LogP contribution in [0.1, 0.15) is 40.2 Å². The molecule has 34 heavy (non-hydrogen) atoms. The van der Waals surface area contributed by atoms with Crippen LogP contribution in [0.2, 0.25) is 0 Å². The minimum Gasteiger partial charge on any atom is -0.464 e. The first kappa shape index (κ1) is 23.3. The van der Waals surface area contributed by atoms with Crippen LogP contribution in [0.5, 0.6) is 0 Å². The third kappa shape index (κ3) is 4.47. The predicted molar refractivity (Wildman–Crippen MR) is 135 cm³/mol. The maximum atomic E-state index is 12.3. The summed E-state index contributed by atoms with van der Waals surface area (Å²) in [6.07, 6.45) is 0. The van der Waals surface area contributed by atoms with Crippen molar-refractivity contribution < 1.29 is 9.53 Å². The third-order valence-electron chi connectivity index (χ3n) is 5.62. The molecule has 1 unspecified atom stereocenters. The van der Waals surface area contributed by atoms with Crippen molar-refractivity contribution in [2.45, 2.75) is 25.4 Å². The first-order valence-electron chi connectivity index (χ1n) is 11.0. The predicted octanol–water partition coefficient (Wildman–Crippen LogP) is 6.23. The Morgan fingerprint density at radius 2 is 1.41 bits per heavy atom. The number of nitroso groups, excluding NO2 is 1. The Hall–Kier alpha value is -3.84. The molecule has 1 aromatic heterocycles. The second-order valence-electron chi connectivity index (χ2n) is 7.69. The summed E-state index contributed by atoms with van der Waals surface area (Å²) in [6, 6.07) is 29.1. The van der Waals surface area contributed by atoms with Gasteiger partial charge in [-0.3, -0.25) is 0 Å². The topological polar surface area (TPSA) is 80.7 Å². The Morgan fingerprint density at radius 1 is 0.941 bits per heavy atom. The smallest absolute Gasteiger partial charge is 0.340 e. The lowest BCUT2D eigenvalue weighted by Gasteiger charge is -2.36. The standard InChI is InChI=1S/C27H25N3O3S/c1-3-33-25(31)24(30-32)23-19(2)34-26(28-23)29-27(20-13-7-4-8-14-20,21-15-9-5-10-16-21)22-17-11-6-12-18-22/h4-18,24H,3H2,1-2H3,(H,28,29). The second-order valence-corrected chi connectivity index (χ2v) is 8.90. The summed E-state index contributed by atoms with van der Waals surface area (Å²) in [5.74, 6) is -0.696. The molecule has 0 aliphatic rings. The van der Waals surface area contributed by atoms with Gasteiger partial charge in [0.05, 0.1) is 12.3 Å². The van der Waals surface area contributed by atoms with Crippen LogP contribution in [0.25, 0.3) is 0 Å². The van der Waals surface area contributed by atoms with Crippen LogP contribution in [-0.4, -0.2) is 17.6 Å². The fourth-order valence-electron chi connectivity index (χ4n) is 4.08. The van der Waals surface area contributed by atoms with Crippen LogP contribution < -0.4 is 5.32 Å². The molecule has 4 rings (SSSR count). The van der Waals surface area contributed by atoms with Gasteiger partial charge < -0.3 is 10.1 Å². The van der Waals surface area contributed by atoms with Crippen molar-refractivity contribution in [1.82, 2.24) is 4.98 Å². The number of aromatic nitrogens is 1. The van der Waals surface area contributed by atoms with E-state index >= 15 is 0 Å². The number of ether oxygens (including phenoxy) is 1. The van der Waals surface area contributed by atoms with Crippen molar-refractivity contribution in [2.24, 2.45) is 5.18 Å². The zero-order valence-electron chi connectivity index (χ0n) is 19.0. The van der Waals surface area contributed by atoms with E-state index in [0.717, 1.165) is 21.6 Å². The molecule has 3 aromatic carbocycles. The van der Waals surface area contributed by atoms with Crippen LogP contribution in [0, 0.1) is 11.8 Å². The molecule has 0 fully saturated rings. The van der Waals surface area contributed by atoms with Crippen molar-refractivity contribution in [1.29, 1.82) is 0 Å². The number of hydrogen-bond donors (Lipinski definition) is 1. The molecule has 172 valence electrons. The van der Waals surface area contributed by atoms with Gasteiger partial charge in [-0.2, -0.15) is 0 Å². The van der Waals surface area contributed by atoms with Crippen LogP contribution >= 0.6 is 11.3 Å². The molecule has 7 heteroatoms. The Labute approximate surface area is 202 Å². The molecule has 0 bridgehead atoms.